The number of benzene rings is 3. The van der Waals surface area contributed by atoms with Crippen LogP contribution in [0.4, 0.5) is 11.4 Å². The summed E-state index contributed by atoms with van der Waals surface area (Å²) in [7, 11) is 1.57. The van der Waals surface area contributed by atoms with Crippen molar-refractivity contribution in [1.29, 1.82) is 0 Å². The van der Waals surface area contributed by atoms with Crippen molar-refractivity contribution < 1.29 is 19.2 Å². The van der Waals surface area contributed by atoms with Crippen molar-refractivity contribution in [2.24, 2.45) is 0 Å². The van der Waals surface area contributed by atoms with Crippen molar-refractivity contribution in [1.82, 2.24) is 0 Å². The molecule has 1 amide bonds. The van der Waals surface area contributed by atoms with Gasteiger partial charge in [-0.15, -0.1) is 0 Å². The fourth-order valence-electron chi connectivity index (χ4n) is 3.40. The first kappa shape index (κ1) is 18.5. The number of amides is 1. The molecule has 2 unspecified atom stereocenters. The van der Waals surface area contributed by atoms with Gasteiger partial charge in [0.2, 0.25) is 6.10 Å². The van der Waals surface area contributed by atoms with Crippen LogP contribution in [0, 0.1) is 10.1 Å². The maximum atomic E-state index is 13.0. The molecule has 0 radical (unpaired) electrons. The van der Waals surface area contributed by atoms with E-state index in [1.54, 1.807) is 60.5 Å². The second-order valence-electron chi connectivity index (χ2n) is 6.55. The number of anilines is 1. The Balaban J connectivity index is 1.71. The summed E-state index contributed by atoms with van der Waals surface area (Å²) in [5, 5.41) is 11.2. The monoisotopic (exact) mass is 390 g/mol. The minimum absolute atomic E-state index is 0.0324. The van der Waals surface area contributed by atoms with Crippen molar-refractivity contribution in [3.63, 3.8) is 0 Å². The maximum absolute atomic E-state index is 13.0. The average molecular weight is 390 g/mol. The van der Waals surface area contributed by atoms with Crippen LogP contribution in [-0.2, 0) is 4.79 Å². The Morgan fingerprint density at radius 2 is 1.66 bits per heavy atom. The maximum Gasteiger partial charge on any atom is 0.271 e. The van der Waals surface area contributed by atoms with Crippen molar-refractivity contribution in [3.05, 3.63) is 94.5 Å². The molecule has 1 heterocycles. The van der Waals surface area contributed by atoms with Gasteiger partial charge < -0.3 is 9.47 Å². The van der Waals surface area contributed by atoms with Crippen LogP contribution in [0.1, 0.15) is 11.6 Å². The van der Waals surface area contributed by atoms with E-state index in [0.29, 0.717) is 22.7 Å². The Bertz CT molecular complexity index is 1040. The Labute approximate surface area is 167 Å². The molecule has 1 fully saturated rings. The van der Waals surface area contributed by atoms with Gasteiger partial charge in [0, 0.05) is 17.8 Å². The van der Waals surface area contributed by atoms with Crippen LogP contribution in [-0.4, -0.2) is 24.0 Å². The summed E-state index contributed by atoms with van der Waals surface area (Å²) in [5.41, 5.74) is 1.27. The van der Waals surface area contributed by atoms with Crippen molar-refractivity contribution in [2.75, 3.05) is 12.0 Å². The molecule has 29 heavy (non-hydrogen) atoms. The van der Waals surface area contributed by atoms with Gasteiger partial charge in [-0.1, -0.05) is 30.3 Å². The molecule has 1 saturated heterocycles. The first-order chi connectivity index (χ1) is 14.1. The average Bonchev–Trinajstić information content (AvgIpc) is 2.76. The number of carbonyl (C=O) groups excluding carboxylic acids is 1. The van der Waals surface area contributed by atoms with Crippen LogP contribution in [0.5, 0.6) is 11.5 Å². The zero-order valence-corrected chi connectivity index (χ0v) is 15.6. The topological polar surface area (TPSA) is 81.9 Å². The van der Waals surface area contributed by atoms with Gasteiger partial charge in [0.1, 0.15) is 17.5 Å². The van der Waals surface area contributed by atoms with Crippen molar-refractivity contribution >= 4 is 17.3 Å². The molecule has 7 nitrogen and oxygen atoms in total. The summed E-state index contributed by atoms with van der Waals surface area (Å²) in [6.07, 6.45) is -0.776. The summed E-state index contributed by atoms with van der Waals surface area (Å²) in [6.45, 7) is 0. The lowest BCUT2D eigenvalue weighted by Gasteiger charge is -2.46. The summed E-state index contributed by atoms with van der Waals surface area (Å²) in [5.74, 6) is 1.02. The SMILES string of the molecule is COc1ccc(N2C(=O)C(Oc3ccccc3)C2c2cccc([N+](=O)[O-])c2)cc1. The lowest BCUT2D eigenvalue weighted by molar-refractivity contribution is -0.384. The minimum Gasteiger partial charge on any atom is -0.497 e. The molecule has 0 N–H and O–H groups in total. The molecule has 7 heteroatoms. The Hall–Kier alpha value is -3.87. The summed E-state index contributed by atoms with van der Waals surface area (Å²) < 4.78 is 11.1. The van der Waals surface area contributed by atoms with Gasteiger partial charge in [-0.25, -0.2) is 0 Å². The number of non-ortho nitro benzene ring substituents is 1. The molecule has 3 aromatic rings. The minimum atomic E-state index is -0.776. The molecular formula is C22H18N2O5. The van der Waals surface area contributed by atoms with E-state index in [1.165, 1.54) is 12.1 Å². The number of nitrogens with zero attached hydrogens (tertiary/aromatic N) is 2. The largest absolute Gasteiger partial charge is 0.497 e. The Kier molecular flexibility index (Phi) is 4.87. The molecular weight excluding hydrogens is 372 g/mol. The summed E-state index contributed by atoms with van der Waals surface area (Å²) >= 11 is 0. The number of ether oxygens (including phenoxy) is 2. The van der Waals surface area contributed by atoms with Gasteiger partial charge in [0.25, 0.3) is 11.6 Å². The molecule has 0 aromatic heterocycles. The zero-order chi connectivity index (χ0) is 20.4. The van der Waals surface area contributed by atoms with Gasteiger partial charge >= 0.3 is 0 Å². The van der Waals surface area contributed by atoms with Gasteiger partial charge in [-0.3, -0.25) is 19.8 Å². The van der Waals surface area contributed by atoms with E-state index >= 15 is 0 Å². The molecule has 1 aliphatic rings. The van der Waals surface area contributed by atoms with E-state index in [4.69, 9.17) is 9.47 Å². The second-order valence-corrected chi connectivity index (χ2v) is 6.55. The highest BCUT2D eigenvalue weighted by Crippen LogP contribution is 2.42. The van der Waals surface area contributed by atoms with E-state index in [0.717, 1.165) is 0 Å². The fraction of sp³-hybridized carbons (Fsp3) is 0.136. The van der Waals surface area contributed by atoms with E-state index in [2.05, 4.69) is 0 Å². The molecule has 4 rings (SSSR count). The van der Waals surface area contributed by atoms with Crippen LogP contribution in [0.15, 0.2) is 78.9 Å². The fourth-order valence-corrected chi connectivity index (χ4v) is 3.40. The Morgan fingerprint density at radius 1 is 0.931 bits per heavy atom. The van der Waals surface area contributed by atoms with E-state index < -0.39 is 17.1 Å². The number of rotatable bonds is 6. The predicted octanol–water partition coefficient (Wildman–Crippen LogP) is 4.14. The summed E-state index contributed by atoms with van der Waals surface area (Å²) in [4.78, 5) is 25.3. The number of carbonyl (C=O) groups is 1. The lowest BCUT2D eigenvalue weighted by atomic mass is 9.89. The third kappa shape index (κ3) is 3.50. The smallest absolute Gasteiger partial charge is 0.271 e. The standard InChI is InChI=1S/C22H18N2O5/c1-28-18-12-10-16(11-13-18)23-20(15-6-5-7-17(14-15)24(26)27)21(22(23)25)29-19-8-3-2-4-9-19/h2-14,20-21H,1H3. The zero-order valence-electron chi connectivity index (χ0n) is 15.6. The van der Waals surface area contributed by atoms with Gasteiger partial charge in [-0.05, 0) is 42.0 Å². The first-order valence-corrected chi connectivity index (χ1v) is 9.01. The Morgan fingerprint density at radius 3 is 2.31 bits per heavy atom. The quantitative estimate of drug-likeness (QED) is 0.359. The third-order valence-corrected chi connectivity index (χ3v) is 4.83. The van der Waals surface area contributed by atoms with Crippen LogP contribution < -0.4 is 14.4 Å². The highest BCUT2D eigenvalue weighted by molar-refractivity contribution is 6.05. The molecule has 0 saturated carbocycles. The molecule has 0 aliphatic carbocycles. The van der Waals surface area contributed by atoms with E-state index in [1.807, 2.05) is 18.2 Å². The third-order valence-electron chi connectivity index (χ3n) is 4.83. The first-order valence-electron chi connectivity index (χ1n) is 9.01. The number of hydrogen-bond acceptors (Lipinski definition) is 5. The molecule has 0 bridgehead atoms. The number of β-lactam (4-membered cyclic amide) rings is 1. The summed E-state index contributed by atoms with van der Waals surface area (Å²) in [6, 6.07) is 21.9. The van der Waals surface area contributed by atoms with Crippen LogP contribution in [0.3, 0.4) is 0 Å². The number of hydrogen-bond donors (Lipinski definition) is 0. The van der Waals surface area contributed by atoms with Gasteiger partial charge in [-0.2, -0.15) is 0 Å². The number of nitro groups is 1. The highest BCUT2D eigenvalue weighted by Gasteiger charge is 2.51. The number of methoxy groups -OCH3 is 1. The molecule has 2 atom stereocenters. The predicted molar refractivity (Wildman–Crippen MR) is 107 cm³/mol. The molecule has 0 spiro atoms. The van der Waals surface area contributed by atoms with Crippen molar-refractivity contribution in [3.8, 4) is 11.5 Å². The molecule has 146 valence electrons. The lowest BCUT2D eigenvalue weighted by Crippen LogP contribution is -2.61. The van der Waals surface area contributed by atoms with E-state index in [-0.39, 0.29) is 11.6 Å². The number of nitro benzene ring substituents is 1. The highest BCUT2D eigenvalue weighted by atomic mass is 16.6. The van der Waals surface area contributed by atoms with Crippen LogP contribution in [0.25, 0.3) is 0 Å². The van der Waals surface area contributed by atoms with Crippen LogP contribution in [0.2, 0.25) is 0 Å². The van der Waals surface area contributed by atoms with Gasteiger partial charge in [0.15, 0.2) is 0 Å². The molecule has 1 aliphatic heterocycles. The van der Waals surface area contributed by atoms with E-state index in [9.17, 15) is 14.9 Å². The van der Waals surface area contributed by atoms with Gasteiger partial charge in [0.05, 0.1) is 12.0 Å². The normalized spacial score (nSPS) is 18.1. The van der Waals surface area contributed by atoms with Crippen molar-refractivity contribution in [2.45, 2.75) is 12.1 Å². The second kappa shape index (κ2) is 7.63. The molecule has 3 aromatic carbocycles. The van der Waals surface area contributed by atoms with Crippen LogP contribution >= 0.6 is 0 Å². The number of para-hydroxylation sites is 1.